The molecular weight excluding hydrogens is 286 g/mol. The van der Waals surface area contributed by atoms with Crippen LogP contribution in [0.4, 0.5) is 0 Å². The maximum absolute atomic E-state index is 11.6. The summed E-state index contributed by atoms with van der Waals surface area (Å²) < 4.78 is 24.7. The smallest absolute Gasteiger partial charge is 0.211 e. The standard InChI is InChI=1S/C15H31N3O2S/c1-13(11-15-5-6-16(3)12-15)14(2)17-7-9-18(10-8-17)21(4,19)20/h13-15H,5-12H2,1-4H3/t13?,14-,15?/m1/s1. The molecule has 0 amide bonds. The van der Waals surface area contributed by atoms with Crippen molar-refractivity contribution in [2.24, 2.45) is 11.8 Å². The topological polar surface area (TPSA) is 43.9 Å². The molecule has 0 spiro atoms. The molecule has 3 atom stereocenters. The van der Waals surface area contributed by atoms with Crippen molar-refractivity contribution in [1.82, 2.24) is 14.1 Å². The Labute approximate surface area is 130 Å². The quantitative estimate of drug-likeness (QED) is 0.757. The number of sulfonamides is 1. The van der Waals surface area contributed by atoms with Crippen molar-refractivity contribution >= 4 is 10.0 Å². The summed E-state index contributed by atoms with van der Waals surface area (Å²) in [5, 5.41) is 0. The van der Waals surface area contributed by atoms with Gasteiger partial charge < -0.3 is 4.90 Å². The van der Waals surface area contributed by atoms with E-state index in [-0.39, 0.29) is 0 Å². The summed E-state index contributed by atoms with van der Waals surface area (Å²) >= 11 is 0. The Morgan fingerprint density at radius 1 is 1.10 bits per heavy atom. The molecule has 2 unspecified atom stereocenters. The Morgan fingerprint density at radius 3 is 2.19 bits per heavy atom. The third-order valence-corrected chi connectivity index (χ3v) is 6.64. The lowest BCUT2D eigenvalue weighted by molar-refractivity contribution is 0.105. The maximum Gasteiger partial charge on any atom is 0.211 e. The highest BCUT2D eigenvalue weighted by Crippen LogP contribution is 2.26. The Kier molecular flexibility index (Phi) is 5.68. The van der Waals surface area contributed by atoms with Gasteiger partial charge in [0.1, 0.15) is 0 Å². The van der Waals surface area contributed by atoms with Gasteiger partial charge in [0.05, 0.1) is 6.26 Å². The molecule has 0 bridgehead atoms. The SMILES string of the molecule is CC(CC1CCN(C)C1)[C@@H](C)N1CCN(S(C)(=O)=O)CC1. The van der Waals surface area contributed by atoms with E-state index in [2.05, 4.69) is 30.7 Å². The first kappa shape index (κ1) is 17.2. The maximum atomic E-state index is 11.6. The fraction of sp³-hybridized carbons (Fsp3) is 1.00. The summed E-state index contributed by atoms with van der Waals surface area (Å²) in [6.07, 6.45) is 3.93. The Hall–Kier alpha value is -0.170. The molecule has 0 aromatic rings. The second-order valence-electron chi connectivity index (χ2n) is 7.07. The predicted octanol–water partition coefficient (Wildman–Crippen LogP) is 0.930. The van der Waals surface area contributed by atoms with E-state index < -0.39 is 10.0 Å². The van der Waals surface area contributed by atoms with Crippen LogP contribution in [0.25, 0.3) is 0 Å². The fourth-order valence-electron chi connectivity index (χ4n) is 3.74. The Morgan fingerprint density at radius 2 is 1.71 bits per heavy atom. The molecule has 2 saturated heterocycles. The third-order valence-electron chi connectivity index (χ3n) is 5.34. The van der Waals surface area contributed by atoms with Gasteiger partial charge in [0.25, 0.3) is 0 Å². The first-order valence-corrected chi connectivity index (χ1v) is 10.00. The second-order valence-corrected chi connectivity index (χ2v) is 9.05. The van der Waals surface area contributed by atoms with Crippen LogP contribution in [0.5, 0.6) is 0 Å². The monoisotopic (exact) mass is 317 g/mol. The average Bonchev–Trinajstić information content (AvgIpc) is 2.82. The Bertz CT molecular complexity index is 432. The van der Waals surface area contributed by atoms with E-state index in [1.807, 2.05) is 0 Å². The van der Waals surface area contributed by atoms with E-state index >= 15 is 0 Å². The molecule has 0 aliphatic carbocycles. The van der Waals surface area contributed by atoms with E-state index in [1.165, 1.54) is 32.2 Å². The summed E-state index contributed by atoms with van der Waals surface area (Å²) in [7, 11) is -0.812. The first-order valence-electron chi connectivity index (χ1n) is 8.15. The van der Waals surface area contributed by atoms with Gasteiger partial charge >= 0.3 is 0 Å². The van der Waals surface area contributed by atoms with Crippen molar-refractivity contribution in [1.29, 1.82) is 0 Å². The second kappa shape index (κ2) is 6.94. The van der Waals surface area contributed by atoms with Crippen LogP contribution in [0.3, 0.4) is 0 Å². The lowest BCUT2D eigenvalue weighted by Gasteiger charge is -2.39. The molecule has 2 rings (SSSR count). The van der Waals surface area contributed by atoms with Crippen molar-refractivity contribution in [2.45, 2.75) is 32.7 Å². The summed E-state index contributed by atoms with van der Waals surface area (Å²) in [6, 6.07) is 0.539. The van der Waals surface area contributed by atoms with Crippen LogP contribution in [0, 0.1) is 11.8 Å². The van der Waals surface area contributed by atoms with Gasteiger partial charge in [0.15, 0.2) is 0 Å². The minimum Gasteiger partial charge on any atom is -0.306 e. The van der Waals surface area contributed by atoms with Gasteiger partial charge in [-0.2, -0.15) is 4.31 Å². The minimum atomic E-state index is -3.02. The number of rotatable bonds is 5. The molecular formula is C15H31N3O2S. The lowest BCUT2D eigenvalue weighted by atomic mass is 9.89. The van der Waals surface area contributed by atoms with Crippen molar-refractivity contribution in [3.05, 3.63) is 0 Å². The molecule has 5 nitrogen and oxygen atoms in total. The van der Waals surface area contributed by atoms with Gasteiger partial charge in [-0.3, -0.25) is 4.90 Å². The van der Waals surface area contributed by atoms with Crippen LogP contribution < -0.4 is 0 Å². The molecule has 2 fully saturated rings. The zero-order valence-electron chi connectivity index (χ0n) is 14.0. The molecule has 0 aromatic carbocycles. The fourth-order valence-corrected chi connectivity index (χ4v) is 4.57. The van der Waals surface area contributed by atoms with Crippen molar-refractivity contribution in [2.75, 3.05) is 52.6 Å². The zero-order valence-corrected chi connectivity index (χ0v) is 14.8. The van der Waals surface area contributed by atoms with E-state index in [0.29, 0.717) is 25.0 Å². The van der Waals surface area contributed by atoms with Gasteiger partial charge in [-0.15, -0.1) is 0 Å². The van der Waals surface area contributed by atoms with Crippen LogP contribution in [0.1, 0.15) is 26.7 Å². The molecule has 0 radical (unpaired) electrons. The predicted molar refractivity (Wildman–Crippen MR) is 86.8 cm³/mol. The first-order chi connectivity index (χ1) is 9.77. The van der Waals surface area contributed by atoms with E-state index in [1.54, 1.807) is 4.31 Å². The number of piperazine rings is 1. The summed E-state index contributed by atoms with van der Waals surface area (Å²) in [5.74, 6) is 1.51. The summed E-state index contributed by atoms with van der Waals surface area (Å²) in [4.78, 5) is 4.89. The Balaban J connectivity index is 1.79. The average molecular weight is 317 g/mol. The van der Waals surface area contributed by atoms with Gasteiger partial charge in [0.2, 0.25) is 10.0 Å². The highest BCUT2D eigenvalue weighted by molar-refractivity contribution is 7.88. The molecule has 6 heteroatoms. The molecule has 2 aliphatic heterocycles. The lowest BCUT2D eigenvalue weighted by Crippen LogP contribution is -2.52. The minimum absolute atomic E-state index is 0.539. The van der Waals surface area contributed by atoms with Crippen LogP contribution in [0.2, 0.25) is 0 Å². The molecule has 124 valence electrons. The van der Waals surface area contributed by atoms with E-state index in [0.717, 1.165) is 19.0 Å². The number of nitrogens with zero attached hydrogens (tertiary/aromatic N) is 3. The highest BCUT2D eigenvalue weighted by atomic mass is 32.2. The zero-order chi connectivity index (χ0) is 15.6. The van der Waals surface area contributed by atoms with Crippen molar-refractivity contribution < 1.29 is 8.42 Å². The van der Waals surface area contributed by atoms with Crippen molar-refractivity contribution in [3.63, 3.8) is 0 Å². The molecule has 0 saturated carbocycles. The van der Waals surface area contributed by atoms with Gasteiger partial charge in [-0.25, -0.2) is 8.42 Å². The van der Waals surface area contributed by atoms with Crippen LogP contribution >= 0.6 is 0 Å². The van der Waals surface area contributed by atoms with Gasteiger partial charge in [-0.1, -0.05) is 6.92 Å². The molecule has 2 aliphatic rings. The number of likely N-dealkylation sites (tertiary alicyclic amines) is 1. The molecule has 0 aromatic heterocycles. The van der Waals surface area contributed by atoms with Crippen LogP contribution in [-0.4, -0.2) is 81.1 Å². The van der Waals surface area contributed by atoms with E-state index in [4.69, 9.17) is 0 Å². The van der Waals surface area contributed by atoms with Gasteiger partial charge in [0, 0.05) is 38.8 Å². The molecule has 2 heterocycles. The van der Waals surface area contributed by atoms with E-state index in [9.17, 15) is 8.42 Å². The van der Waals surface area contributed by atoms with Crippen molar-refractivity contribution in [3.8, 4) is 0 Å². The number of hydrogen-bond donors (Lipinski definition) is 0. The van der Waals surface area contributed by atoms with Crippen LogP contribution in [0.15, 0.2) is 0 Å². The third kappa shape index (κ3) is 4.65. The molecule has 21 heavy (non-hydrogen) atoms. The largest absolute Gasteiger partial charge is 0.306 e. The summed E-state index contributed by atoms with van der Waals surface area (Å²) in [5.41, 5.74) is 0. The normalized spacial score (nSPS) is 29.6. The molecule has 0 N–H and O–H groups in total. The highest BCUT2D eigenvalue weighted by Gasteiger charge is 2.30. The summed E-state index contributed by atoms with van der Waals surface area (Å²) in [6.45, 7) is 10.1. The number of hydrogen-bond acceptors (Lipinski definition) is 4. The van der Waals surface area contributed by atoms with Crippen LogP contribution in [-0.2, 0) is 10.0 Å². The van der Waals surface area contributed by atoms with Gasteiger partial charge in [-0.05, 0) is 45.2 Å².